The number of anilines is 2. The summed E-state index contributed by atoms with van der Waals surface area (Å²) in [5.41, 5.74) is 22.6. The molecule has 107 heavy (non-hydrogen) atoms. The maximum atomic E-state index is 12.4. The van der Waals surface area contributed by atoms with E-state index in [1.165, 1.54) is 24.3 Å². The summed E-state index contributed by atoms with van der Waals surface area (Å²) < 4.78 is 47.5. The number of ether oxygens (including phenoxy) is 6. The number of carbonyl (C=O) groups is 8. The first-order valence-electron chi connectivity index (χ1n) is 34.0. The van der Waals surface area contributed by atoms with Crippen LogP contribution in [0.4, 0.5) is 36.6 Å². The minimum atomic E-state index is -2.41. The van der Waals surface area contributed by atoms with Crippen LogP contribution in [0.5, 0.6) is 0 Å². The van der Waals surface area contributed by atoms with E-state index in [9.17, 15) is 81.3 Å². The van der Waals surface area contributed by atoms with Gasteiger partial charge in [-0.25, -0.2) is 0 Å². The molecule has 0 saturated heterocycles. The molecular weight excluding hydrogens is 1680 g/mol. The first-order chi connectivity index (χ1) is 50.7. The van der Waals surface area contributed by atoms with Gasteiger partial charge in [-0.1, -0.05) is 0 Å². The fraction of sp³-hybridized carbons (Fsp3) is 0.645. The topological polar surface area (TPSA) is 608 Å². The molecule has 20 N–H and O–H groups in total. The zero-order chi connectivity index (χ0) is 78.9. The Morgan fingerprint density at radius 3 is 1.23 bits per heavy atom. The minimum Gasteiger partial charge on any atom is -1.00 e. The second-order valence-corrected chi connectivity index (χ2v) is 25.5. The van der Waals surface area contributed by atoms with Crippen LogP contribution in [0.25, 0.3) is 0 Å². The number of nitrogens with zero attached hydrogens (tertiary/aromatic N) is 5. The zero-order valence-electron chi connectivity index (χ0n) is 59.6. The van der Waals surface area contributed by atoms with Crippen molar-refractivity contribution in [3.05, 3.63) is 76.9 Å². The van der Waals surface area contributed by atoms with Crippen molar-refractivity contribution in [3.63, 3.8) is 0 Å². The number of nitro groups is 4. The van der Waals surface area contributed by atoms with Crippen LogP contribution in [0.3, 0.4) is 0 Å². The van der Waals surface area contributed by atoms with E-state index < -0.39 is 80.6 Å². The van der Waals surface area contributed by atoms with E-state index in [-0.39, 0.29) is 163 Å². The Kier molecular flexibility index (Phi) is 57.5. The van der Waals surface area contributed by atoms with Crippen molar-refractivity contribution in [2.45, 2.75) is 102 Å². The molecule has 0 bridgehead atoms. The molecule has 0 unspecified atom stereocenters. The third-order valence-electron chi connectivity index (χ3n) is 14.9. The number of ketones is 4. The Labute approximate surface area is 646 Å². The van der Waals surface area contributed by atoms with Crippen LogP contribution in [0.1, 0.15) is 89.9 Å². The summed E-state index contributed by atoms with van der Waals surface area (Å²) >= 11 is 8.95. The van der Waals surface area contributed by atoms with E-state index in [2.05, 4.69) is 56.5 Å². The first-order valence-corrected chi connectivity index (χ1v) is 38.5. The molecule has 2 rings (SSSR count). The molecule has 0 aliphatic carbocycles. The molecule has 2 aromatic rings. The average Bonchev–Trinajstić information content (AvgIpc) is 0.847. The standard InChI is InChI=1S/2C31H50ClN9O11.ClH.FH.Pb/c2*32-20-28(43)22(4-1-9-38-31(34)35)18-24(42)21-39-30(45)25(33)6-8-29(44)37-11-3-13-51-15-17-52-16-14-50-12-2-10-36-26-7-5-23(40(46)47)19-27(26)41(48)49;;;/h5,7,19,22,25,36H,1-4,6,8-18,20-21,33H2,(H,37,44)(H,39,45)(H4,34,35,38);5,7,19,22,25,36H,1-4,6,8-18,20-21,33H2,(H6,34,35,37,38,39,44,45);2*1H;/q;;;;+2/t2*22-,25+;;;/m11.../s1. The molecule has 0 heterocycles. The number of hydrogen-bond donors (Lipinski definition) is 13. The smallest absolute Gasteiger partial charge is 0.338 e. The zero-order valence-corrected chi connectivity index (χ0v) is 65.8. The Morgan fingerprint density at radius 2 is 0.888 bits per heavy atom. The van der Waals surface area contributed by atoms with E-state index >= 15 is 0 Å². The van der Waals surface area contributed by atoms with Gasteiger partial charge in [0.2, 0.25) is 11.8 Å². The van der Waals surface area contributed by atoms with Gasteiger partial charge in [0.25, 0.3) is 28.7 Å². The first kappa shape index (κ1) is 99.1. The number of aliphatic imine (C=N–C) groups is 1. The van der Waals surface area contributed by atoms with E-state index in [1.807, 2.05) is 0 Å². The predicted octanol–water partition coefficient (Wildman–Crippen LogP) is -5.17. The van der Waals surface area contributed by atoms with E-state index in [1.54, 1.807) is 0 Å². The number of carbonyl (C=O) groups excluding carboxylic acids is 8. The van der Waals surface area contributed by atoms with E-state index in [0.29, 0.717) is 163 Å². The number of halogens is 4. The van der Waals surface area contributed by atoms with Crippen molar-refractivity contribution in [1.29, 1.82) is 0 Å². The average molecular weight is 1780 g/mol. The fourth-order valence-corrected chi connectivity index (χ4v) is 10.3. The number of hydrogen-bond acceptors (Lipinski definition) is 25. The number of amides is 4. The molecule has 4 amide bonds. The molecule has 0 aromatic heterocycles. The maximum Gasteiger partial charge on any atom is 0.338 e. The van der Waals surface area contributed by atoms with Crippen molar-refractivity contribution in [2.24, 2.45) is 34.0 Å². The van der Waals surface area contributed by atoms with Gasteiger partial charge in [0.05, 0.1) is 104 Å². The second kappa shape index (κ2) is 62.1. The summed E-state index contributed by atoms with van der Waals surface area (Å²) in [6.07, 6.45) is 4.32. The molecule has 0 spiro atoms. The van der Waals surface area contributed by atoms with Gasteiger partial charge in [0.15, 0.2) is 23.7 Å². The number of alkyl halides is 2. The minimum absolute atomic E-state index is 0. The van der Waals surface area contributed by atoms with Crippen LogP contribution in [-0.2, 0) is 66.8 Å². The van der Waals surface area contributed by atoms with Crippen LogP contribution in [0, 0.1) is 52.3 Å². The molecule has 2 radical (unpaired) electrons. The number of benzene rings is 2. The predicted molar refractivity (Wildman–Crippen MR) is 386 cm³/mol. The van der Waals surface area contributed by atoms with Crippen LogP contribution < -0.4 is 81.1 Å². The summed E-state index contributed by atoms with van der Waals surface area (Å²) in [7, 11) is 0. The number of nitro benzene ring substituents is 4. The van der Waals surface area contributed by atoms with Gasteiger partial charge in [0, 0.05) is 103 Å². The van der Waals surface area contributed by atoms with Gasteiger partial charge in [-0.05, 0) is 50.7 Å². The number of non-ortho nitro benzene ring substituents is 2. The fourth-order valence-electron chi connectivity index (χ4n) is 9.13. The van der Waals surface area contributed by atoms with Crippen molar-refractivity contribution in [1.82, 2.24) is 24.4 Å². The van der Waals surface area contributed by atoms with Gasteiger partial charge in [-0.15, -0.1) is 11.6 Å². The summed E-state index contributed by atoms with van der Waals surface area (Å²) in [5.74, 6) is -4.26. The van der Waals surface area contributed by atoms with E-state index in [4.69, 9.17) is 68.8 Å². The molecule has 4 atom stereocenters. The summed E-state index contributed by atoms with van der Waals surface area (Å²) in [4.78, 5) is 146. The normalized spacial score (nSPS) is 12.1. The van der Waals surface area contributed by atoms with Crippen LogP contribution in [0.15, 0.2) is 41.4 Å². The van der Waals surface area contributed by atoms with Crippen molar-refractivity contribution in [2.75, 3.05) is 154 Å². The molecule has 45 heteroatoms. The number of rotatable bonds is 63. The van der Waals surface area contributed by atoms with Crippen LogP contribution in [0.2, 0.25) is 0 Å². The van der Waals surface area contributed by atoms with Gasteiger partial charge in [-0.3, -0.25) is 85.7 Å². The Morgan fingerprint density at radius 1 is 0.523 bits per heavy atom. The number of quaternary nitrogens is 2. The SMILES string of the molecule is NC(=NCCC[C@H](CC(=O)CNC(=O)[C@@H]([NH3+])CCC(=O)NCCCOCCOCCOCCCNc1ccc([N+](=O)[O-])cc1[N+](=O)[O-])C(=O)CCl)[NH][Pb][F].NC(N)=[NH+]CCC[C@H](CC(=O)CNC(=O)[C@@H]([NH3+])CCC(=O)NCCCOCCOCCOCCCNc1ccc([N+](=O)[O-])cc1[N+](=O)[O-])C(=O)CCl.[Cl-]. The molecule has 40 nitrogen and oxygen atoms in total. The number of nitrogens with two attached hydrogens (primary N) is 3. The Balaban J connectivity index is 0.00000208. The second-order valence-electron chi connectivity index (χ2n) is 23.2. The van der Waals surface area contributed by atoms with Crippen molar-refractivity contribution in [3.8, 4) is 0 Å². The third-order valence-corrected chi connectivity index (χ3v) is 16.7. The number of Topliss-reactive ketones (excluding diaryl/α,β-unsaturated/α-hetero) is 4. The molecule has 0 aliphatic heterocycles. The van der Waals surface area contributed by atoms with Crippen molar-refractivity contribution >= 4 is 141 Å². The quantitative estimate of drug-likeness (QED) is 0.00560. The third kappa shape index (κ3) is 49.7. The van der Waals surface area contributed by atoms with Gasteiger partial charge < -0.3 is 78.9 Å². The Hall–Kier alpha value is -7.86. The van der Waals surface area contributed by atoms with Crippen LogP contribution in [-0.4, -0.2) is 259 Å². The Bertz CT molecular complexity index is 3120. The molecule has 0 aliphatic rings. The van der Waals surface area contributed by atoms with Crippen LogP contribution >= 0.6 is 23.2 Å². The monoisotopic (exact) mass is 1780 g/mol. The summed E-state index contributed by atoms with van der Waals surface area (Å²) in [6.45, 7) is 6.03. The number of nitrogens with one attached hydrogen (secondary N) is 8. The molecular formula is C62H102Cl3FN18O22Pb+2. The van der Waals surface area contributed by atoms with Gasteiger partial charge >= 0.3 is 142 Å². The van der Waals surface area contributed by atoms with Crippen molar-refractivity contribution < 1.29 is 118 Å². The largest absolute Gasteiger partial charge is 1.00 e. The van der Waals surface area contributed by atoms with Gasteiger partial charge in [-0.2, -0.15) is 0 Å². The molecule has 602 valence electrons. The van der Waals surface area contributed by atoms with Gasteiger partial charge in [0.1, 0.15) is 11.4 Å². The molecule has 0 fully saturated rings. The molecule has 2 aromatic carbocycles. The maximum absolute atomic E-state index is 12.4. The summed E-state index contributed by atoms with van der Waals surface area (Å²) in [5, 5.41) is 60.3. The summed E-state index contributed by atoms with van der Waals surface area (Å²) in [6, 6.07) is 5.32. The molecule has 0 saturated carbocycles. The number of guanidine groups is 2. The van der Waals surface area contributed by atoms with E-state index in [0.717, 1.165) is 12.1 Å².